The summed E-state index contributed by atoms with van der Waals surface area (Å²) in [6.45, 7) is 3.33. The van der Waals surface area contributed by atoms with Gasteiger partial charge in [0.05, 0.1) is 12.1 Å². The van der Waals surface area contributed by atoms with E-state index in [1.165, 1.54) is 13.0 Å². The first-order valence-electron chi connectivity index (χ1n) is 7.00. The zero-order valence-electron chi connectivity index (χ0n) is 12.6. The van der Waals surface area contributed by atoms with Crippen LogP contribution in [0.5, 0.6) is 0 Å². The van der Waals surface area contributed by atoms with Gasteiger partial charge >= 0.3 is 0 Å². The largest absolute Gasteiger partial charge is 0.391 e. The molecule has 2 atom stereocenters. The van der Waals surface area contributed by atoms with E-state index in [-0.39, 0.29) is 0 Å². The number of aliphatic hydroxyl groups is 1. The van der Waals surface area contributed by atoms with Gasteiger partial charge in [-0.1, -0.05) is 28.1 Å². The summed E-state index contributed by atoms with van der Waals surface area (Å²) >= 11 is 3.34. The summed E-state index contributed by atoms with van der Waals surface area (Å²) in [7, 11) is 0. The number of hydrogen-bond acceptors (Lipinski definition) is 2. The predicted molar refractivity (Wildman–Crippen MR) is 87.1 cm³/mol. The number of halogens is 3. The summed E-state index contributed by atoms with van der Waals surface area (Å²) in [5.74, 6) is -2.80. The fourth-order valence-corrected chi connectivity index (χ4v) is 2.85. The van der Waals surface area contributed by atoms with E-state index in [2.05, 4.69) is 21.2 Å². The second-order valence-corrected chi connectivity index (χ2v) is 6.20. The van der Waals surface area contributed by atoms with Crippen molar-refractivity contribution >= 4 is 21.8 Å². The Hall–Kier alpha value is -1.79. The van der Waals surface area contributed by atoms with E-state index in [0.717, 1.165) is 22.2 Å². The Morgan fingerprint density at radius 1 is 1.22 bits per heavy atom. The average Bonchev–Trinajstić information content (AvgIpc) is 2.45. The Morgan fingerprint density at radius 2 is 1.83 bits per heavy atom. The van der Waals surface area contributed by atoms with Crippen LogP contribution in [0, 0.1) is 18.6 Å². The smallest absolute Gasteiger partial charge is 0.257 e. The Morgan fingerprint density at radius 3 is 2.35 bits per heavy atom. The van der Waals surface area contributed by atoms with Crippen molar-refractivity contribution < 1.29 is 18.7 Å². The highest BCUT2D eigenvalue weighted by Crippen LogP contribution is 2.25. The van der Waals surface area contributed by atoms with E-state index in [1.54, 1.807) is 12.1 Å². The maximum atomic E-state index is 13.7. The zero-order chi connectivity index (χ0) is 17.1. The number of carbonyl (C=O) groups is 1. The van der Waals surface area contributed by atoms with E-state index in [9.17, 15) is 18.7 Å². The van der Waals surface area contributed by atoms with Gasteiger partial charge in [0.25, 0.3) is 5.91 Å². The van der Waals surface area contributed by atoms with Crippen molar-refractivity contribution in [3.63, 3.8) is 0 Å². The van der Waals surface area contributed by atoms with Gasteiger partial charge in [0.15, 0.2) is 0 Å². The summed E-state index contributed by atoms with van der Waals surface area (Å²) in [5.41, 5.74) is 0.848. The summed E-state index contributed by atoms with van der Waals surface area (Å²) in [6.07, 6.45) is -0.936. The molecule has 6 heteroatoms. The topological polar surface area (TPSA) is 49.3 Å². The van der Waals surface area contributed by atoms with Crippen molar-refractivity contribution in [3.05, 3.63) is 69.2 Å². The van der Waals surface area contributed by atoms with E-state index < -0.39 is 35.3 Å². The van der Waals surface area contributed by atoms with E-state index in [4.69, 9.17) is 0 Å². The first kappa shape index (κ1) is 17.6. The summed E-state index contributed by atoms with van der Waals surface area (Å²) in [5, 5.41) is 12.5. The molecule has 23 heavy (non-hydrogen) atoms. The van der Waals surface area contributed by atoms with Crippen LogP contribution in [-0.2, 0) is 0 Å². The van der Waals surface area contributed by atoms with Gasteiger partial charge in [0, 0.05) is 4.47 Å². The molecule has 0 heterocycles. The third kappa shape index (κ3) is 3.95. The highest BCUT2D eigenvalue weighted by molar-refractivity contribution is 9.10. The molecule has 3 nitrogen and oxygen atoms in total. The molecule has 0 radical (unpaired) electrons. The summed E-state index contributed by atoms with van der Waals surface area (Å²) in [4.78, 5) is 12.2. The Bertz CT molecular complexity index is 714. The van der Waals surface area contributed by atoms with Crippen molar-refractivity contribution in [2.75, 3.05) is 0 Å². The van der Waals surface area contributed by atoms with Crippen molar-refractivity contribution in [3.8, 4) is 0 Å². The third-order valence-electron chi connectivity index (χ3n) is 3.53. The predicted octanol–water partition coefficient (Wildman–Crippen LogP) is 3.89. The molecule has 0 aliphatic carbocycles. The number of aryl methyl sites for hydroxylation is 1. The van der Waals surface area contributed by atoms with Crippen molar-refractivity contribution in [1.82, 2.24) is 5.32 Å². The van der Waals surface area contributed by atoms with Gasteiger partial charge in [-0.2, -0.15) is 0 Å². The van der Waals surface area contributed by atoms with Crippen LogP contribution in [0.3, 0.4) is 0 Å². The monoisotopic (exact) mass is 383 g/mol. The second kappa shape index (κ2) is 7.19. The van der Waals surface area contributed by atoms with Crippen molar-refractivity contribution in [1.29, 1.82) is 0 Å². The van der Waals surface area contributed by atoms with Gasteiger partial charge in [-0.25, -0.2) is 8.78 Å². The lowest BCUT2D eigenvalue weighted by molar-refractivity contribution is 0.0849. The number of amides is 1. The van der Waals surface area contributed by atoms with Crippen molar-refractivity contribution in [2.24, 2.45) is 0 Å². The van der Waals surface area contributed by atoms with Crippen LogP contribution < -0.4 is 5.32 Å². The van der Waals surface area contributed by atoms with Crippen molar-refractivity contribution in [2.45, 2.75) is 26.0 Å². The van der Waals surface area contributed by atoms with Crippen LogP contribution in [0.25, 0.3) is 0 Å². The first-order valence-corrected chi connectivity index (χ1v) is 7.79. The molecule has 0 fully saturated rings. The SMILES string of the molecule is Cc1cc(Br)ccc1[C@@H](NC(=O)c1c(F)cccc1F)[C@@H](C)O. The first-order chi connectivity index (χ1) is 10.8. The molecule has 2 aromatic carbocycles. The van der Waals surface area contributed by atoms with Gasteiger partial charge in [-0.3, -0.25) is 4.79 Å². The van der Waals surface area contributed by atoms with E-state index >= 15 is 0 Å². The molecule has 2 N–H and O–H groups in total. The quantitative estimate of drug-likeness (QED) is 0.841. The Kier molecular flexibility index (Phi) is 5.49. The molecule has 0 aliphatic heterocycles. The number of nitrogens with one attached hydrogen (secondary N) is 1. The molecule has 0 saturated carbocycles. The lowest BCUT2D eigenvalue weighted by Gasteiger charge is -2.24. The molecule has 0 aromatic heterocycles. The average molecular weight is 384 g/mol. The molecule has 122 valence electrons. The zero-order valence-corrected chi connectivity index (χ0v) is 14.2. The fourth-order valence-electron chi connectivity index (χ4n) is 2.37. The minimum atomic E-state index is -0.945. The van der Waals surface area contributed by atoms with Gasteiger partial charge in [0.2, 0.25) is 0 Å². The molecule has 0 unspecified atom stereocenters. The molecule has 1 amide bonds. The molecule has 0 bridgehead atoms. The number of rotatable bonds is 4. The van der Waals surface area contributed by atoms with Gasteiger partial charge in [-0.05, 0) is 49.2 Å². The number of benzene rings is 2. The molecular formula is C17H16BrF2NO2. The second-order valence-electron chi connectivity index (χ2n) is 5.29. The van der Waals surface area contributed by atoms with E-state index in [1.807, 2.05) is 13.0 Å². The number of carbonyl (C=O) groups excluding carboxylic acids is 1. The van der Waals surface area contributed by atoms with Gasteiger partial charge in [-0.15, -0.1) is 0 Å². The van der Waals surface area contributed by atoms with Gasteiger partial charge in [0.1, 0.15) is 17.2 Å². The fraction of sp³-hybridized carbons (Fsp3) is 0.235. The highest BCUT2D eigenvalue weighted by atomic mass is 79.9. The number of aliphatic hydroxyl groups excluding tert-OH is 1. The summed E-state index contributed by atoms with van der Waals surface area (Å²) < 4.78 is 28.3. The van der Waals surface area contributed by atoms with Crippen LogP contribution in [-0.4, -0.2) is 17.1 Å². The standard InChI is InChI=1S/C17H16BrF2NO2/c1-9-8-11(18)6-7-12(9)16(10(2)22)21-17(23)15-13(19)4-3-5-14(15)20/h3-8,10,16,22H,1-2H3,(H,21,23)/t10-,16+/m1/s1. The normalized spacial score (nSPS) is 13.5. The minimum Gasteiger partial charge on any atom is -0.391 e. The third-order valence-corrected chi connectivity index (χ3v) is 4.02. The highest BCUT2D eigenvalue weighted by Gasteiger charge is 2.25. The maximum Gasteiger partial charge on any atom is 0.257 e. The molecule has 2 rings (SSSR count). The lowest BCUT2D eigenvalue weighted by Crippen LogP contribution is -2.36. The number of hydrogen-bond donors (Lipinski definition) is 2. The lowest BCUT2D eigenvalue weighted by atomic mass is 9.97. The maximum absolute atomic E-state index is 13.7. The Balaban J connectivity index is 2.35. The van der Waals surface area contributed by atoms with Crippen LogP contribution >= 0.6 is 15.9 Å². The molecule has 0 saturated heterocycles. The molecule has 2 aromatic rings. The molecule has 0 aliphatic rings. The molecule has 0 spiro atoms. The van der Waals surface area contributed by atoms with Crippen LogP contribution in [0.4, 0.5) is 8.78 Å². The van der Waals surface area contributed by atoms with Crippen LogP contribution in [0.1, 0.15) is 34.5 Å². The minimum absolute atomic E-state index is 0.659. The molecular weight excluding hydrogens is 368 g/mol. The summed E-state index contributed by atoms with van der Waals surface area (Å²) in [6, 6.07) is 7.78. The van der Waals surface area contributed by atoms with E-state index in [0.29, 0.717) is 5.56 Å². The van der Waals surface area contributed by atoms with Crippen LogP contribution in [0.2, 0.25) is 0 Å². The van der Waals surface area contributed by atoms with Gasteiger partial charge < -0.3 is 10.4 Å². The Labute approximate surface area is 141 Å². The van der Waals surface area contributed by atoms with Crippen LogP contribution in [0.15, 0.2) is 40.9 Å².